The Morgan fingerprint density at radius 3 is 3.27 bits per heavy atom. The Morgan fingerprint density at radius 2 is 2.40 bits per heavy atom. The van der Waals surface area contributed by atoms with E-state index < -0.39 is 0 Å². The Hall–Kier alpha value is -1.42. The van der Waals surface area contributed by atoms with E-state index in [1.807, 2.05) is 6.20 Å². The maximum absolute atomic E-state index is 4.27. The molecule has 0 fully saturated rings. The number of nitrogens with zero attached hydrogens (tertiary/aromatic N) is 3. The average molecular weight is 204 g/mol. The molecule has 2 heterocycles. The zero-order valence-corrected chi connectivity index (χ0v) is 8.98. The highest BCUT2D eigenvalue weighted by Crippen LogP contribution is 2.10. The maximum Gasteiger partial charge on any atom is 0.143 e. The van der Waals surface area contributed by atoms with Gasteiger partial charge in [0.1, 0.15) is 12.0 Å². The summed E-state index contributed by atoms with van der Waals surface area (Å²) in [4.78, 5) is 8.27. The van der Waals surface area contributed by atoms with Crippen molar-refractivity contribution >= 4 is 11.0 Å². The second-order valence-corrected chi connectivity index (χ2v) is 3.52. The molecule has 0 aliphatic rings. The molecule has 15 heavy (non-hydrogen) atoms. The van der Waals surface area contributed by atoms with E-state index in [4.69, 9.17) is 0 Å². The van der Waals surface area contributed by atoms with Gasteiger partial charge in [-0.2, -0.15) is 0 Å². The van der Waals surface area contributed by atoms with E-state index in [1.165, 1.54) is 0 Å². The second kappa shape index (κ2) is 4.89. The lowest BCUT2D eigenvalue weighted by molar-refractivity contribution is 0.601. The molecule has 0 saturated carbocycles. The van der Waals surface area contributed by atoms with Crippen molar-refractivity contribution < 1.29 is 0 Å². The van der Waals surface area contributed by atoms with Gasteiger partial charge in [0, 0.05) is 24.3 Å². The highest BCUT2D eigenvalue weighted by Gasteiger charge is 2.00. The number of nitrogens with one attached hydrogen (secondary N) is 1. The molecule has 1 N–H and O–H groups in total. The van der Waals surface area contributed by atoms with Crippen molar-refractivity contribution in [2.75, 3.05) is 13.1 Å². The van der Waals surface area contributed by atoms with E-state index in [-0.39, 0.29) is 0 Å². The summed E-state index contributed by atoms with van der Waals surface area (Å²) in [7, 11) is 0. The van der Waals surface area contributed by atoms with E-state index >= 15 is 0 Å². The third-order valence-corrected chi connectivity index (χ3v) is 2.43. The van der Waals surface area contributed by atoms with E-state index in [9.17, 15) is 0 Å². The molecule has 2 aromatic rings. The molecule has 0 spiro atoms. The molecule has 0 amide bonds. The Morgan fingerprint density at radius 1 is 1.47 bits per heavy atom. The van der Waals surface area contributed by atoms with Gasteiger partial charge >= 0.3 is 0 Å². The van der Waals surface area contributed by atoms with Crippen molar-refractivity contribution in [3.8, 4) is 0 Å². The molecule has 4 nitrogen and oxygen atoms in total. The fourth-order valence-corrected chi connectivity index (χ4v) is 1.66. The van der Waals surface area contributed by atoms with Crippen LogP contribution < -0.4 is 5.32 Å². The van der Waals surface area contributed by atoms with Gasteiger partial charge in [-0.05, 0) is 25.6 Å². The highest BCUT2D eigenvalue weighted by atomic mass is 15.0. The van der Waals surface area contributed by atoms with Crippen molar-refractivity contribution in [2.24, 2.45) is 0 Å². The molecule has 4 heteroatoms. The van der Waals surface area contributed by atoms with Gasteiger partial charge in [-0.3, -0.25) is 0 Å². The SMILES string of the molecule is CCNCCCn1ccc2cncnc21. The summed E-state index contributed by atoms with van der Waals surface area (Å²) >= 11 is 0. The number of fused-ring (bicyclic) bond motifs is 1. The van der Waals surface area contributed by atoms with Gasteiger partial charge in [-0.1, -0.05) is 6.92 Å². The number of hydrogen-bond acceptors (Lipinski definition) is 3. The van der Waals surface area contributed by atoms with Gasteiger partial charge in [-0.25, -0.2) is 9.97 Å². The van der Waals surface area contributed by atoms with Crippen LogP contribution in [0.4, 0.5) is 0 Å². The van der Waals surface area contributed by atoms with Crippen LogP contribution in [0.2, 0.25) is 0 Å². The largest absolute Gasteiger partial charge is 0.332 e. The third kappa shape index (κ3) is 2.33. The first-order chi connectivity index (χ1) is 7.42. The highest BCUT2D eigenvalue weighted by molar-refractivity contribution is 5.74. The van der Waals surface area contributed by atoms with Gasteiger partial charge < -0.3 is 9.88 Å². The summed E-state index contributed by atoms with van der Waals surface area (Å²) in [5.74, 6) is 0. The van der Waals surface area contributed by atoms with E-state index in [0.717, 1.165) is 37.1 Å². The van der Waals surface area contributed by atoms with E-state index in [0.29, 0.717) is 0 Å². The smallest absolute Gasteiger partial charge is 0.143 e. The van der Waals surface area contributed by atoms with Crippen LogP contribution in [0.15, 0.2) is 24.8 Å². The predicted molar refractivity (Wildman–Crippen MR) is 60.7 cm³/mol. The summed E-state index contributed by atoms with van der Waals surface area (Å²) in [6, 6.07) is 2.06. The molecule has 0 unspecified atom stereocenters. The van der Waals surface area contributed by atoms with Crippen LogP contribution in [0, 0.1) is 0 Å². The number of aryl methyl sites for hydroxylation is 1. The normalized spacial score (nSPS) is 11.0. The Labute approximate surface area is 89.3 Å². The minimum atomic E-state index is 1.01. The molecule has 80 valence electrons. The number of hydrogen-bond donors (Lipinski definition) is 1. The molecule has 2 aromatic heterocycles. The standard InChI is InChI=1S/C11H16N4/c1-2-12-5-3-6-15-7-4-10-8-13-9-14-11(10)15/h4,7-9,12H,2-3,5-6H2,1H3. The van der Waals surface area contributed by atoms with Crippen molar-refractivity contribution in [3.63, 3.8) is 0 Å². The molecule has 0 aliphatic heterocycles. The molecule has 0 saturated heterocycles. The average Bonchev–Trinajstić information content (AvgIpc) is 2.68. The lowest BCUT2D eigenvalue weighted by atomic mass is 10.4. The molecule has 0 bridgehead atoms. The van der Waals surface area contributed by atoms with Crippen molar-refractivity contribution in [3.05, 3.63) is 24.8 Å². The topological polar surface area (TPSA) is 42.7 Å². The van der Waals surface area contributed by atoms with Crippen LogP contribution >= 0.6 is 0 Å². The number of rotatable bonds is 5. The molecular formula is C11H16N4. The number of aromatic nitrogens is 3. The fraction of sp³-hybridized carbons (Fsp3) is 0.455. The third-order valence-electron chi connectivity index (χ3n) is 2.43. The first kappa shape index (κ1) is 10.1. The molecule has 0 aromatic carbocycles. The minimum Gasteiger partial charge on any atom is -0.332 e. The van der Waals surface area contributed by atoms with E-state index in [2.05, 4.69) is 39.0 Å². The van der Waals surface area contributed by atoms with Gasteiger partial charge in [0.05, 0.1) is 0 Å². The van der Waals surface area contributed by atoms with Gasteiger partial charge in [0.2, 0.25) is 0 Å². The van der Waals surface area contributed by atoms with Crippen LogP contribution in [0.25, 0.3) is 11.0 Å². The minimum absolute atomic E-state index is 1.01. The summed E-state index contributed by atoms with van der Waals surface area (Å²) in [5.41, 5.74) is 1.03. The first-order valence-corrected chi connectivity index (χ1v) is 5.37. The second-order valence-electron chi connectivity index (χ2n) is 3.52. The fourth-order valence-electron chi connectivity index (χ4n) is 1.66. The molecule has 0 radical (unpaired) electrons. The van der Waals surface area contributed by atoms with E-state index in [1.54, 1.807) is 6.33 Å². The van der Waals surface area contributed by atoms with Gasteiger partial charge in [0.25, 0.3) is 0 Å². The zero-order valence-electron chi connectivity index (χ0n) is 8.98. The van der Waals surface area contributed by atoms with Crippen LogP contribution in [0.5, 0.6) is 0 Å². The maximum atomic E-state index is 4.27. The Kier molecular flexibility index (Phi) is 3.29. The molecule has 0 atom stereocenters. The van der Waals surface area contributed by atoms with Crippen LogP contribution in [0.3, 0.4) is 0 Å². The predicted octanol–water partition coefficient (Wildman–Crippen LogP) is 1.43. The van der Waals surface area contributed by atoms with Crippen LogP contribution in [0.1, 0.15) is 13.3 Å². The quantitative estimate of drug-likeness (QED) is 0.749. The monoisotopic (exact) mass is 204 g/mol. The Bertz CT molecular complexity index is 421. The van der Waals surface area contributed by atoms with Crippen LogP contribution in [-0.4, -0.2) is 27.6 Å². The van der Waals surface area contributed by atoms with Gasteiger partial charge in [0.15, 0.2) is 0 Å². The van der Waals surface area contributed by atoms with Crippen LogP contribution in [-0.2, 0) is 6.54 Å². The zero-order chi connectivity index (χ0) is 10.5. The summed E-state index contributed by atoms with van der Waals surface area (Å²) < 4.78 is 2.17. The van der Waals surface area contributed by atoms with Crippen molar-refractivity contribution in [2.45, 2.75) is 19.9 Å². The summed E-state index contributed by atoms with van der Waals surface area (Å²) in [6.45, 7) is 5.22. The van der Waals surface area contributed by atoms with Gasteiger partial charge in [-0.15, -0.1) is 0 Å². The lowest BCUT2D eigenvalue weighted by Crippen LogP contribution is -2.15. The first-order valence-electron chi connectivity index (χ1n) is 5.37. The molecular weight excluding hydrogens is 188 g/mol. The molecule has 0 aliphatic carbocycles. The molecule has 2 rings (SSSR count). The summed E-state index contributed by atoms with van der Waals surface area (Å²) in [6.07, 6.45) is 6.65. The Balaban J connectivity index is 2.02. The van der Waals surface area contributed by atoms with Crippen molar-refractivity contribution in [1.82, 2.24) is 19.9 Å². The lowest BCUT2D eigenvalue weighted by Gasteiger charge is -2.04. The van der Waals surface area contributed by atoms with Crippen molar-refractivity contribution in [1.29, 1.82) is 0 Å². The summed E-state index contributed by atoms with van der Waals surface area (Å²) in [5, 5.41) is 4.42.